The fourth-order valence-corrected chi connectivity index (χ4v) is 1.46. The van der Waals surface area contributed by atoms with Gasteiger partial charge in [0.25, 0.3) is 0 Å². The molecule has 0 radical (unpaired) electrons. The van der Waals surface area contributed by atoms with Gasteiger partial charge in [-0.25, -0.2) is 4.79 Å². The average Bonchev–Trinajstić information content (AvgIpc) is 2.26. The van der Waals surface area contributed by atoms with Crippen molar-refractivity contribution in [3.8, 4) is 0 Å². The Morgan fingerprint density at radius 1 is 1.33 bits per heavy atom. The number of carbonyl (C=O) groups excluding carboxylic acids is 1. The van der Waals surface area contributed by atoms with Crippen LogP contribution in [0, 0.1) is 0 Å². The number of aliphatic hydroxyl groups is 1. The zero-order valence-corrected chi connectivity index (χ0v) is 11.4. The van der Waals surface area contributed by atoms with E-state index in [9.17, 15) is 4.79 Å². The number of hydrogen-bond acceptors (Lipinski definition) is 3. The first-order chi connectivity index (χ1) is 8.31. The maximum Gasteiger partial charge on any atom is 0.408 e. The van der Waals surface area contributed by atoms with Crippen LogP contribution in [0.25, 0.3) is 0 Å². The minimum atomic E-state index is -0.429. The molecule has 1 amide bonds. The maximum atomic E-state index is 11.6. The molecular weight excluding hydrogens is 230 g/mol. The summed E-state index contributed by atoms with van der Waals surface area (Å²) in [6, 6.07) is 7.33. The van der Waals surface area contributed by atoms with Crippen LogP contribution in [-0.2, 0) is 11.3 Å². The number of ether oxygens (including phenoxy) is 1. The number of amides is 1. The van der Waals surface area contributed by atoms with Gasteiger partial charge in [-0.05, 0) is 38.8 Å². The Hall–Kier alpha value is -1.55. The molecule has 0 fully saturated rings. The third-order valence-corrected chi connectivity index (χ3v) is 2.39. The number of rotatable bonds is 3. The van der Waals surface area contributed by atoms with Gasteiger partial charge in [-0.3, -0.25) is 0 Å². The molecule has 0 bridgehead atoms. The predicted octanol–water partition coefficient (Wildman–Crippen LogP) is 2.76. The lowest BCUT2D eigenvalue weighted by atomic mass is 10.1. The monoisotopic (exact) mass is 251 g/mol. The molecule has 0 unspecified atom stereocenters. The van der Waals surface area contributed by atoms with Crippen molar-refractivity contribution in [3.05, 3.63) is 35.4 Å². The highest BCUT2D eigenvalue weighted by Gasteiger charge is 2.17. The van der Waals surface area contributed by atoms with Crippen LogP contribution in [0.2, 0.25) is 0 Å². The molecular formula is C14H21NO3. The van der Waals surface area contributed by atoms with E-state index >= 15 is 0 Å². The molecule has 1 atom stereocenters. The van der Waals surface area contributed by atoms with Crippen molar-refractivity contribution in [3.63, 3.8) is 0 Å². The van der Waals surface area contributed by atoms with Crippen molar-refractivity contribution in [1.82, 2.24) is 5.32 Å². The second kappa shape index (κ2) is 5.87. The summed E-state index contributed by atoms with van der Waals surface area (Å²) in [5.41, 5.74) is 1.43. The van der Waals surface area contributed by atoms with Crippen molar-refractivity contribution >= 4 is 6.09 Å². The molecule has 0 spiro atoms. The molecule has 18 heavy (non-hydrogen) atoms. The largest absolute Gasteiger partial charge is 0.442 e. The highest BCUT2D eigenvalue weighted by atomic mass is 16.6. The minimum absolute atomic E-state index is 0.0139. The second-order valence-electron chi connectivity index (χ2n) is 5.32. The molecule has 0 saturated heterocycles. The Kier molecular flexibility index (Phi) is 4.73. The molecule has 0 aromatic heterocycles. The van der Waals surface area contributed by atoms with Gasteiger partial charge in [0, 0.05) is 5.54 Å². The van der Waals surface area contributed by atoms with E-state index in [2.05, 4.69) is 5.32 Å². The van der Waals surface area contributed by atoms with Gasteiger partial charge in [-0.2, -0.15) is 0 Å². The lowest BCUT2D eigenvalue weighted by Crippen LogP contribution is -2.41. The van der Waals surface area contributed by atoms with E-state index in [1.165, 1.54) is 0 Å². The Morgan fingerprint density at radius 3 is 2.33 bits per heavy atom. The number of aliphatic hydroxyl groups excluding tert-OH is 1. The maximum absolute atomic E-state index is 11.6. The smallest absolute Gasteiger partial charge is 0.408 e. The van der Waals surface area contributed by atoms with Gasteiger partial charge in [0.05, 0.1) is 6.61 Å². The van der Waals surface area contributed by atoms with Gasteiger partial charge < -0.3 is 15.2 Å². The summed E-state index contributed by atoms with van der Waals surface area (Å²) in [4.78, 5) is 11.6. The van der Waals surface area contributed by atoms with Crippen LogP contribution in [0.3, 0.4) is 0 Å². The average molecular weight is 251 g/mol. The molecule has 0 aliphatic rings. The summed E-state index contributed by atoms with van der Waals surface area (Å²) in [7, 11) is 0. The van der Waals surface area contributed by atoms with Crippen LogP contribution in [0.15, 0.2) is 24.3 Å². The molecule has 1 aromatic rings. The molecule has 2 N–H and O–H groups in total. The normalized spacial score (nSPS) is 12.9. The van der Waals surface area contributed by atoms with E-state index in [0.717, 1.165) is 11.1 Å². The molecule has 0 aliphatic carbocycles. The van der Waals surface area contributed by atoms with Crippen LogP contribution in [-0.4, -0.2) is 16.7 Å². The number of benzene rings is 1. The summed E-state index contributed by atoms with van der Waals surface area (Å²) in [6.07, 6.45) is -0.749. The lowest BCUT2D eigenvalue weighted by Gasteiger charge is -2.22. The molecule has 1 aromatic carbocycles. The first-order valence-corrected chi connectivity index (χ1v) is 6.00. The minimum Gasteiger partial charge on any atom is -0.442 e. The number of alkyl carbamates (subject to hydrolysis) is 1. The number of nitrogens with one attached hydrogen (secondary N) is 1. The van der Waals surface area contributed by atoms with Crippen molar-refractivity contribution < 1.29 is 14.6 Å². The van der Waals surface area contributed by atoms with E-state index in [1.54, 1.807) is 0 Å². The van der Waals surface area contributed by atoms with Gasteiger partial charge in [0.15, 0.2) is 0 Å². The highest BCUT2D eigenvalue weighted by Crippen LogP contribution is 2.18. The standard InChI is InChI=1S/C14H21NO3/c1-10(18-13(17)15-14(2,3)4)12-7-5-11(9-16)6-8-12/h5-8,10,16H,9H2,1-4H3,(H,15,17)/t10-/m0/s1. The van der Waals surface area contributed by atoms with Gasteiger partial charge in [-0.1, -0.05) is 24.3 Å². The van der Waals surface area contributed by atoms with E-state index in [-0.39, 0.29) is 18.2 Å². The molecule has 4 heteroatoms. The van der Waals surface area contributed by atoms with Crippen LogP contribution in [0.1, 0.15) is 44.9 Å². The zero-order valence-electron chi connectivity index (χ0n) is 11.4. The quantitative estimate of drug-likeness (QED) is 0.868. The molecule has 0 aliphatic heterocycles. The number of carbonyl (C=O) groups is 1. The van der Waals surface area contributed by atoms with Gasteiger partial charge in [0.2, 0.25) is 0 Å². The van der Waals surface area contributed by atoms with Crippen LogP contribution in [0.4, 0.5) is 4.79 Å². The van der Waals surface area contributed by atoms with Gasteiger partial charge >= 0.3 is 6.09 Å². The van der Waals surface area contributed by atoms with Crippen LogP contribution < -0.4 is 5.32 Å². The molecule has 4 nitrogen and oxygen atoms in total. The summed E-state index contributed by atoms with van der Waals surface area (Å²) >= 11 is 0. The molecule has 1 rings (SSSR count). The number of hydrogen-bond donors (Lipinski definition) is 2. The van der Waals surface area contributed by atoms with Crippen molar-refractivity contribution in [2.24, 2.45) is 0 Å². The molecule has 0 heterocycles. The van der Waals surface area contributed by atoms with Gasteiger partial charge in [-0.15, -0.1) is 0 Å². The summed E-state index contributed by atoms with van der Waals surface area (Å²) in [5, 5.41) is 11.7. The Balaban J connectivity index is 2.59. The first-order valence-electron chi connectivity index (χ1n) is 6.00. The van der Waals surface area contributed by atoms with Gasteiger partial charge in [0.1, 0.15) is 6.10 Å². The SMILES string of the molecule is C[C@H](OC(=O)NC(C)(C)C)c1ccc(CO)cc1. The summed E-state index contributed by atoms with van der Waals surface area (Å²) in [6.45, 7) is 7.52. The lowest BCUT2D eigenvalue weighted by molar-refractivity contribution is 0.1000. The second-order valence-corrected chi connectivity index (χ2v) is 5.32. The zero-order chi connectivity index (χ0) is 13.8. The summed E-state index contributed by atoms with van der Waals surface area (Å²) < 4.78 is 5.27. The fraction of sp³-hybridized carbons (Fsp3) is 0.500. The molecule has 0 saturated carbocycles. The van der Waals surface area contributed by atoms with Crippen molar-refractivity contribution in [2.45, 2.75) is 45.9 Å². The van der Waals surface area contributed by atoms with E-state index < -0.39 is 6.09 Å². The van der Waals surface area contributed by atoms with E-state index in [4.69, 9.17) is 9.84 Å². The Labute approximate surface area is 108 Å². The highest BCUT2D eigenvalue weighted by molar-refractivity contribution is 5.68. The third kappa shape index (κ3) is 4.75. The van der Waals surface area contributed by atoms with Crippen LogP contribution >= 0.6 is 0 Å². The topological polar surface area (TPSA) is 58.6 Å². The third-order valence-electron chi connectivity index (χ3n) is 2.39. The summed E-state index contributed by atoms with van der Waals surface area (Å²) in [5.74, 6) is 0. The van der Waals surface area contributed by atoms with E-state index in [1.807, 2.05) is 52.0 Å². The predicted molar refractivity (Wildman–Crippen MR) is 70.1 cm³/mol. The Morgan fingerprint density at radius 2 is 1.89 bits per heavy atom. The van der Waals surface area contributed by atoms with Crippen LogP contribution in [0.5, 0.6) is 0 Å². The first kappa shape index (κ1) is 14.5. The Bertz CT molecular complexity index is 392. The van der Waals surface area contributed by atoms with E-state index in [0.29, 0.717) is 0 Å². The van der Waals surface area contributed by atoms with Crippen molar-refractivity contribution in [1.29, 1.82) is 0 Å². The van der Waals surface area contributed by atoms with Crippen molar-refractivity contribution in [2.75, 3.05) is 0 Å². The fourth-order valence-electron chi connectivity index (χ4n) is 1.46. The molecule has 100 valence electrons.